The average molecular weight is 484 g/mol. The zero-order valence-corrected chi connectivity index (χ0v) is 19.2. The molecular weight excluding hydrogens is 464 g/mol. The van der Waals surface area contributed by atoms with Gasteiger partial charge in [-0.05, 0) is 55.3 Å². The summed E-state index contributed by atoms with van der Waals surface area (Å²) in [7, 11) is 0. The Morgan fingerprint density at radius 3 is 2.47 bits per heavy atom. The third kappa shape index (κ3) is 5.26. The SMILES string of the molecule is CCOc1cc(C=C2N=C(c3cc(F)c(F)cc3Cl)OC2=O)ccc1OCc1ccc(C)cc1. The Hall–Kier alpha value is -3.71. The number of aryl methyl sites for hydroxylation is 1. The van der Waals surface area contributed by atoms with Crippen molar-refractivity contribution in [2.24, 2.45) is 4.99 Å². The Kier molecular flexibility index (Phi) is 6.93. The molecule has 4 rings (SSSR count). The quantitative estimate of drug-likeness (QED) is 0.226. The summed E-state index contributed by atoms with van der Waals surface area (Å²) in [5.74, 6) is -2.13. The Bertz CT molecular complexity index is 1300. The third-order valence-corrected chi connectivity index (χ3v) is 5.26. The van der Waals surface area contributed by atoms with Gasteiger partial charge in [0.15, 0.2) is 28.8 Å². The lowest BCUT2D eigenvalue weighted by molar-refractivity contribution is -0.129. The van der Waals surface area contributed by atoms with E-state index >= 15 is 0 Å². The van der Waals surface area contributed by atoms with Crippen LogP contribution in [0.4, 0.5) is 8.78 Å². The molecule has 0 saturated carbocycles. The highest BCUT2D eigenvalue weighted by Crippen LogP contribution is 2.31. The fourth-order valence-corrected chi connectivity index (χ4v) is 3.45. The molecule has 174 valence electrons. The normalized spacial score (nSPS) is 14.2. The molecule has 0 N–H and O–H groups in total. The van der Waals surface area contributed by atoms with E-state index in [1.54, 1.807) is 18.2 Å². The van der Waals surface area contributed by atoms with Crippen LogP contribution < -0.4 is 9.47 Å². The number of ether oxygens (including phenoxy) is 3. The van der Waals surface area contributed by atoms with Crippen LogP contribution in [0.15, 0.2) is 65.3 Å². The van der Waals surface area contributed by atoms with E-state index in [2.05, 4.69) is 4.99 Å². The van der Waals surface area contributed by atoms with Crippen molar-refractivity contribution in [1.82, 2.24) is 0 Å². The van der Waals surface area contributed by atoms with Gasteiger partial charge < -0.3 is 14.2 Å². The number of benzene rings is 3. The van der Waals surface area contributed by atoms with E-state index in [0.717, 1.165) is 17.7 Å². The van der Waals surface area contributed by atoms with Gasteiger partial charge in [-0.25, -0.2) is 18.6 Å². The molecule has 3 aromatic rings. The van der Waals surface area contributed by atoms with Crippen LogP contribution in [0.2, 0.25) is 5.02 Å². The molecule has 3 aromatic carbocycles. The highest BCUT2D eigenvalue weighted by atomic mass is 35.5. The van der Waals surface area contributed by atoms with Crippen molar-refractivity contribution in [3.63, 3.8) is 0 Å². The fraction of sp³-hybridized carbons (Fsp3) is 0.154. The molecule has 8 heteroatoms. The molecule has 1 heterocycles. The minimum absolute atomic E-state index is 0.0211. The summed E-state index contributed by atoms with van der Waals surface area (Å²) in [6.07, 6.45) is 1.50. The monoisotopic (exact) mass is 483 g/mol. The highest BCUT2D eigenvalue weighted by molar-refractivity contribution is 6.34. The van der Waals surface area contributed by atoms with E-state index in [1.165, 1.54) is 11.6 Å². The van der Waals surface area contributed by atoms with Crippen molar-refractivity contribution in [1.29, 1.82) is 0 Å². The maximum atomic E-state index is 13.6. The van der Waals surface area contributed by atoms with E-state index in [1.807, 2.05) is 38.1 Å². The molecule has 0 fully saturated rings. The van der Waals surface area contributed by atoms with E-state index in [-0.39, 0.29) is 22.2 Å². The summed E-state index contributed by atoms with van der Waals surface area (Å²) in [6, 6.07) is 14.8. The second kappa shape index (κ2) is 10.1. The summed E-state index contributed by atoms with van der Waals surface area (Å²) >= 11 is 5.96. The van der Waals surface area contributed by atoms with Crippen molar-refractivity contribution < 1.29 is 27.8 Å². The maximum absolute atomic E-state index is 13.6. The molecule has 1 aliphatic heterocycles. The van der Waals surface area contributed by atoms with Gasteiger partial charge in [-0.1, -0.05) is 47.5 Å². The number of esters is 1. The van der Waals surface area contributed by atoms with E-state index in [9.17, 15) is 13.6 Å². The topological polar surface area (TPSA) is 57.1 Å². The van der Waals surface area contributed by atoms with Crippen LogP contribution >= 0.6 is 11.6 Å². The van der Waals surface area contributed by atoms with Crippen molar-refractivity contribution in [3.8, 4) is 11.5 Å². The van der Waals surface area contributed by atoms with Crippen LogP contribution in [0.5, 0.6) is 11.5 Å². The third-order valence-electron chi connectivity index (χ3n) is 4.95. The molecule has 0 unspecified atom stereocenters. The van der Waals surface area contributed by atoms with Gasteiger partial charge in [0.25, 0.3) is 0 Å². The van der Waals surface area contributed by atoms with Crippen LogP contribution in [-0.4, -0.2) is 18.5 Å². The van der Waals surface area contributed by atoms with Crippen LogP contribution in [0, 0.1) is 18.6 Å². The number of nitrogens with zero attached hydrogens (tertiary/aromatic N) is 1. The smallest absolute Gasteiger partial charge is 0.363 e. The zero-order chi connectivity index (χ0) is 24.2. The number of carbonyl (C=O) groups is 1. The lowest BCUT2D eigenvalue weighted by Gasteiger charge is -2.13. The lowest BCUT2D eigenvalue weighted by atomic mass is 10.1. The van der Waals surface area contributed by atoms with Gasteiger partial charge in [0, 0.05) is 0 Å². The Balaban J connectivity index is 1.58. The van der Waals surface area contributed by atoms with E-state index < -0.39 is 17.6 Å². The summed E-state index contributed by atoms with van der Waals surface area (Å²) < 4.78 is 43.7. The summed E-state index contributed by atoms with van der Waals surface area (Å²) in [6.45, 7) is 4.66. The van der Waals surface area contributed by atoms with Gasteiger partial charge in [-0.3, -0.25) is 0 Å². The highest BCUT2D eigenvalue weighted by Gasteiger charge is 2.27. The summed E-state index contributed by atoms with van der Waals surface area (Å²) in [4.78, 5) is 16.4. The van der Waals surface area contributed by atoms with Gasteiger partial charge in [0.05, 0.1) is 17.2 Å². The molecule has 34 heavy (non-hydrogen) atoms. The molecule has 0 saturated heterocycles. The van der Waals surface area contributed by atoms with Crippen molar-refractivity contribution >= 4 is 29.5 Å². The molecule has 0 aromatic heterocycles. The molecule has 0 spiro atoms. The number of cyclic esters (lactones) is 1. The van der Waals surface area contributed by atoms with Crippen LogP contribution in [0.3, 0.4) is 0 Å². The molecule has 0 aliphatic carbocycles. The first-order valence-electron chi connectivity index (χ1n) is 10.5. The second-order valence-corrected chi connectivity index (χ2v) is 7.90. The summed E-state index contributed by atoms with van der Waals surface area (Å²) in [5.41, 5.74) is 2.75. The Morgan fingerprint density at radius 1 is 1.00 bits per heavy atom. The number of hydrogen-bond acceptors (Lipinski definition) is 5. The zero-order valence-electron chi connectivity index (χ0n) is 18.4. The Morgan fingerprint density at radius 2 is 1.74 bits per heavy atom. The van der Waals surface area contributed by atoms with Crippen LogP contribution in [0.25, 0.3) is 6.08 Å². The fourth-order valence-electron chi connectivity index (χ4n) is 3.22. The van der Waals surface area contributed by atoms with Gasteiger partial charge in [0.1, 0.15) is 6.61 Å². The van der Waals surface area contributed by atoms with E-state index in [0.29, 0.717) is 30.3 Å². The van der Waals surface area contributed by atoms with Gasteiger partial charge in [0.2, 0.25) is 5.90 Å². The standard InChI is InChI=1S/C26H20ClF2NO4/c1-3-32-24-11-17(8-9-23(24)33-14-16-6-4-15(2)5-7-16)10-22-26(31)34-25(30-22)18-12-20(28)21(29)13-19(18)27/h4-13H,3,14H2,1-2H3. The first-order chi connectivity index (χ1) is 16.3. The number of hydrogen-bond donors (Lipinski definition) is 0. The minimum Gasteiger partial charge on any atom is -0.490 e. The largest absolute Gasteiger partial charge is 0.490 e. The minimum atomic E-state index is -1.13. The van der Waals surface area contributed by atoms with Crippen molar-refractivity contribution in [2.45, 2.75) is 20.5 Å². The average Bonchev–Trinajstić information content (AvgIpc) is 3.17. The number of rotatable bonds is 7. The summed E-state index contributed by atoms with van der Waals surface area (Å²) in [5, 5.41) is -0.125. The molecule has 0 atom stereocenters. The number of carbonyl (C=O) groups excluding carboxylic acids is 1. The van der Waals surface area contributed by atoms with Crippen molar-refractivity contribution in [2.75, 3.05) is 6.61 Å². The number of halogens is 3. The lowest BCUT2D eigenvalue weighted by Crippen LogP contribution is -2.07. The van der Waals surface area contributed by atoms with Gasteiger partial charge in [-0.15, -0.1) is 0 Å². The molecule has 1 aliphatic rings. The molecule has 0 amide bonds. The van der Waals surface area contributed by atoms with Crippen LogP contribution in [0.1, 0.15) is 29.2 Å². The predicted molar refractivity (Wildman–Crippen MR) is 125 cm³/mol. The molecular formula is C26H20ClF2NO4. The first-order valence-corrected chi connectivity index (χ1v) is 10.8. The molecule has 0 radical (unpaired) electrons. The Labute approximate surface area is 200 Å². The number of aliphatic imine (C=N–C) groups is 1. The maximum Gasteiger partial charge on any atom is 0.363 e. The van der Waals surface area contributed by atoms with Gasteiger partial charge in [-0.2, -0.15) is 0 Å². The molecule has 5 nitrogen and oxygen atoms in total. The van der Waals surface area contributed by atoms with Gasteiger partial charge >= 0.3 is 5.97 Å². The predicted octanol–water partition coefficient (Wildman–Crippen LogP) is 6.25. The van der Waals surface area contributed by atoms with E-state index in [4.69, 9.17) is 25.8 Å². The first kappa shape index (κ1) is 23.4. The van der Waals surface area contributed by atoms with Crippen molar-refractivity contribution in [3.05, 3.63) is 99.2 Å². The second-order valence-electron chi connectivity index (χ2n) is 7.50. The van der Waals surface area contributed by atoms with Crippen LogP contribution in [-0.2, 0) is 16.1 Å². The molecule has 0 bridgehead atoms.